The molecule has 0 bridgehead atoms. The van der Waals surface area contributed by atoms with Crippen molar-refractivity contribution in [2.45, 2.75) is 39.0 Å². The predicted octanol–water partition coefficient (Wildman–Crippen LogP) is 3.04. The Labute approximate surface area is 111 Å². The largest absolute Gasteiger partial charge is 0.397 e. The molecule has 0 fully saturated rings. The average molecular weight is 250 g/mol. The first-order valence-corrected chi connectivity index (χ1v) is 7.00. The first kappa shape index (κ1) is 14.8. The van der Waals surface area contributed by atoms with Crippen molar-refractivity contribution in [3.8, 4) is 0 Å². The molecule has 3 N–H and O–H groups in total. The highest BCUT2D eigenvalue weighted by molar-refractivity contribution is 5.67. The lowest BCUT2D eigenvalue weighted by Crippen LogP contribution is -2.26. The molecule has 1 aromatic carbocycles. The highest BCUT2D eigenvalue weighted by Gasteiger charge is 2.07. The Morgan fingerprint density at radius 1 is 1.06 bits per heavy atom. The van der Waals surface area contributed by atoms with Crippen LogP contribution in [0, 0.1) is 0 Å². The average Bonchev–Trinajstić information content (AvgIpc) is 2.38. The molecular formula is C15H26N2O. The van der Waals surface area contributed by atoms with Gasteiger partial charge in [-0.25, -0.2) is 0 Å². The Kier molecular flexibility index (Phi) is 7.26. The van der Waals surface area contributed by atoms with Crippen LogP contribution in [-0.4, -0.2) is 24.8 Å². The van der Waals surface area contributed by atoms with Gasteiger partial charge in [0.25, 0.3) is 0 Å². The van der Waals surface area contributed by atoms with E-state index in [0.717, 1.165) is 50.1 Å². The molecule has 18 heavy (non-hydrogen) atoms. The predicted molar refractivity (Wildman–Crippen MR) is 78.9 cm³/mol. The fraction of sp³-hybridized carbons (Fsp3) is 0.600. The summed E-state index contributed by atoms with van der Waals surface area (Å²) in [7, 11) is 0. The van der Waals surface area contributed by atoms with E-state index in [0.29, 0.717) is 6.61 Å². The van der Waals surface area contributed by atoms with Gasteiger partial charge in [0.15, 0.2) is 0 Å². The van der Waals surface area contributed by atoms with Gasteiger partial charge in [-0.2, -0.15) is 0 Å². The van der Waals surface area contributed by atoms with E-state index in [2.05, 4.69) is 17.9 Å². The number of rotatable bonds is 9. The molecule has 0 saturated heterocycles. The van der Waals surface area contributed by atoms with Crippen LogP contribution < -0.4 is 10.6 Å². The molecule has 0 atom stereocenters. The van der Waals surface area contributed by atoms with Gasteiger partial charge >= 0.3 is 0 Å². The molecule has 1 aromatic rings. The van der Waals surface area contributed by atoms with E-state index < -0.39 is 0 Å². The number of nitrogens with zero attached hydrogens (tertiary/aromatic N) is 1. The first-order chi connectivity index (χ1) is 8.79. The molecule has 0 aliphatic rings. The lowest BCUT2D eigenvalue weighted by molar-refractivity contribution is 0.282. The lowest BCUT2D eigenvalue weighted by atomic mass is 10.1. The van der Waals surface area contributed by atoms with Gasteiger partial charge < -0.3 is 15.7 Å². The number of nitrogens with two attached hydrogens (primary N) is 1. The Hall–Kier alpha value is -1.22. The van der Waals surface area contributed by atoms with E-state index in [9.17, 15) is 0 Å². The van der Waals surface area contributed by atoms with Crippen LogP contribution in [0.4, 0.5) is 11.4 Å². The molecule has 0 spiro atoms. The third kappa shape index (κ3) is 4.96. The van der Waals surface area contributed by atoms with Crippen LogP contribution in [0.25, 0.3) is 0 Å². The van der Waals surface area contributed by atoms with Gasteiger partial charge in [-0.3, -0.25) is 0 Å². The highest BCUT2D eigenvalue weighted by atomic mass is 16.2. The summed E-state index contributed by atoms with van der Waals surface area (Å²) in [6.45, 7) is 4.60. The Balaban J connectivity index is 2.47. The van der Waals surface area contributed by atoms with Gasteiger partial charge in [0.05, 0.1) is 11.4 Å². The molecule has 3 nitrogen and oxygen atoms in total. The van der Waals surface area contributed by atoms with Gasteiger partial charge in [-0.15, -0.1) is 0 Å². The summed E-state index contributed by atoms with van der Waals surface area (Å²) in [6.07, 6.45) is 5.49. The van der Waals surface area contributed by atoms with Crippen molar-refractivity contribution in [3.05, 3.63) is 24.3 Å². The van der Waals surface area contributed by atoms with E-state index in [4.69, 9.17) is 10.8 Å². The van der Waals surface area contributed by atoms with Crippen molar-refractivity contribution in [2.75, 3.05) is 30.3 Å². The number of benzene rings is 1. The van der Waals surface area contributed by atoms with Crippen LogP contribution in [0.1, 0.15) is 39.0 Å². The fourth-order valence-corrected chi connectivity index (χ4v) is 2.17. The Morgan fingerprint density at radius 3 is 2.44 bits per heavy atom. The first-order valence-electron chi connectivity index (χ1n) is 7.00. The second kappa shape index (κ2) is 8.81. The highest BCUT2D eigenvalue weighted by Crippen LogP contribution is 2.23. The zero-order chi connectivity index (χ0) is 13.2. The van der Waals surface area contributed by atoms with Crippen molar-refractivity contribution in [1.29, 1.82) is 0 Å². The number of hydrogen-bond donors (Lipinski definition) is 2. The summed E-state index contributed by atoms with van der Waals surface area (Å²) in [4.78, 5) is 2.37. The summed E-state index contributed by atoms with van der Waals surface area (Å²) < 4.78 is 0. The minimum atomic E-state index is 0.310. The molecule has 0 heterocycles. The molecule has 0 unspecified atom stereocenters. The molecular weight excluding hydrogens is 224 g/mol. The van der Waals surface area contributed by atoms with Crippen LogP contribution in [0.15, 0.2) is 24.3 Å². The van der Waals surface area contributed by atoms with Gasteiger partial charge in [-0.05, 0) is 31.4 Å². The van der Waals surface area contributed by atoms with Crippen molar-refractivity contribution in [2.24, 2.45) is 0 Å². The number of para-hydroxylation sites is 2. The molecule has 102 valence electrons. The summed E-state index contributed by atoms with van der Waals surface area (Å²) in [5.41, 5.74) is 8.05. The number of aliphatic hydroxyl groups excluding tert-OH is 1. The van der Waals surface area contributed by atoms with Gasteiger partial charge in [0.1, 0.15) is 0 Å². The monoisotopic (exact) mass is 250 g/mol. The third-order valence-electron chi connectivity index (χ3n) is 3.11. The maximum Gasteiger partial charge on any atom is 0.0599 e. The number of anilines is 2. The van der Waals surface area contributed by atoms with Crippen molar-refractivity contribution in [1.82, 2.24) is 0 Å². The van der Waals surface area contributed by atoms with E-state index in [1.54, 1.807) is 0 Å². The molecule has 0 saturated carbocycles. The quantitative estimate of drug-likeness (QED) is 0.523. The topological polar surface area (TPSA) is 49.5 Å². The van der Waals surface area contributed by atoms with Crippen LogP contribution in [-0.2, 0) is 0 Å². The Morgan fingerprint density at radius 2 is 1.78 bits per heavy atom. The molecule has 0 aliphatic carbocycles. The maximum absolute atomic E-state index is 8.75. The Bertz CT molecular complexity index is 328. The summed E-state index contributed by atoms with van der Waals surface area (Å²) in [5, 5.41) is 8.75. The third-order valence-corrected chi connectivity index (χ3v) is 3.11. The fourth-order valence-electron chi connectivity index (χ4n) is 2.17. The minimum absolute atomic E-state index is 0.310. The van der Waals surface area contributed by atoms with Crippen molar-refractivity contribution < 1.29 is 5.11 Å². The van der Waals surface area contributed by atoms with Crippen LogP contribution >= 0.6 is 0 Å². The molecule has 3 heteroatoms. The van der Waals surface area contributed by atoms with Gasteiger partial charge in [0, 0.05) is 19.7 Å². The molecule has 0 amide bonds. The summed E-state index contributed by atoms with van der Waals surface area (Å²) >= 11 is 0. The van der Waals surface area contributed by atoms with Crippen LogP contribution in [0.3, 0.4) is 0 Å². The second-order valence-corrected chi connectivity index (χ2v) is 4.68. The summed E-state index contributed by atoms with van der Waals surface area (Å²) in [5.74, 6) is 0. The zero-order valence-corrected chi connectivity index (χ0v) is 11.4. The van der Waals surface area contributed by atoms with Crippen LogP contribution in [0.5, 0.6) is 0 Å². The van der Waals surface area contributed by atoms with E-state index in [1.165, 1.54) is 6.42 Å². The zero-order valence-electron chi connectivity index (χ0n) is 11.4. The van der Waals surface area contributed by atoms with Crippen LogP contribution in [0.2, 0.25) is 0 Å². The normalized spacial score (nSPS) is 10.6. The van der Waals surface area contributed by atoms with Gasteiger partial charge in [0.2, 0.25) is 0 Å². The number of aliphatic hydroxyl groups is 1. The number of nitrogen functional groups attached to an aromatic ring is 1. The minimum Gasteiger partial charge on any atom is -0.397 e. The second-order valence-electron chi connectivity index (χ2n) is 4.68. The number of unbranched alkanes of at least 4 members (excludes halogenated alkanes) is 3. The van der Waals surface area contributed by atoms with E-state index >= 15 is 0 Å². The molecule has 0 aromatic heterocycles. The maximum atomic E-state index is 8.75. The van der Waals surface area contributed by atoms with Crippen molar-refractivity contribution in [3.63, 3.8) is 0 Å². The molecule has 0 radical (unpaired) electrons. The van der Waals surface area contributed by atoms with Gasteiger partial charge in [-0.1, -0.05) is 31.9 Å². The summed E-state index contributed by atoms with van der Waals surface area (Å²) in [6, 6.07) is 8.08. The SMILES string of the molecule is CCCN(CCCCCCO)c1ccccc1N. The lowest BCUT2D eigenvalue weighted by Gasteiger charge is -2.25. The smallest absolute Gasteiger partial charge is 0.0599 e. The molecule has 0 aliphatic heterocycles. The van der Waals surface area contributed by atoms with E-state index in [1.807, 2.05) is 18.2 Å². The molecule has 1 rings (SSSR count). The standard InChI is InChI=1S/C15H26N2O/c1-2-11-17(12-7-3-4-8-13-18)15-10-6-5-9-14(15)16/h5-6,9-10,18H,2-4,7-8,11-13,16H2,1H3. The van der Waals surface area contributed by atoms with E-state index in [-0.39, 0.29) is 0 Å². The van der Waals surface area contributed by atoms with Crippen molar-refractivity contribution >= 4 is 11.4 Å². The number of hydrogen-bond acceptors (Lipinski definition) is 3.